The predicted octanol–water partition coefficient (Wildman–Crippen LogP) is 4.21. The van der Waals surface area contributed by atoms with Crippen LogP contribution in [0.4, 0.5) is 0 Å². The molecule has 2 aliphatic carbocycles. The average Bonchev–Trinajstić information content (AvgIpc) is 2.93. The van der Waals surface area contributed by atoms with E-state index in [0.717, 1.165) is 12.4 Å². The zero-order valence-corrected chi connectivity index (χ0v) is 12.4. The van der Waals surface area contributed by atoms with Gasteiger partial charge in [0.15, 0.2) is 0 Å². The van der Waals surface area contributed by atoms with Gasteiger partial charge in [-0.25, -0.2) is 0 Å². The number of aryl methyl sites for hydroxylation is 2. The molecule has 0 aromatic heterocycles. The highest BCUT2D eigenvalue weighted by Gasteiger charge is 2.30. The number of hydrogen-bond donors (Lipinski definition) is 1. The Morgan fingerprint density at radius 3 is 2.58 bits per heavy atom. The van der Waals surface area contributed by atoms with Crippen molar-refractivity contribution in [3.8, 4) is 0 Å². The van der Waals surface area contributed by atoms with Gasteiger partial charge in [-0.1, -0.05) is 37.5 Å². The zero-order chi connectivity index (χ0) is 13.1. The maximum Gasteiger partial charge on any atom is 0.0406 e. The van der Waals surface area contributed by atoms with Crippen LogP contribution in [0, 0.1) is 0 Å². The van der Waals surface area contributed by atoms with Gasteiger partial charge in [0.05, 0.1) is 0 Å². The van der Waals surface area contributed by atoms with Crippen LogP contribution in [0.5, 0.6) is 0 Å². The summed E-state index contributed by atoms with van der Waals surface area (Å²) in [5, 5.41) is 3.76. The highest BCUT2D eigenvalue weighted by Crippen LogP contribution is 2.30. The minimum absolute atomic E-state index is 0.193. The van der Waals surface area contributed by atoms with Gasteiger partial charge in [-0.3, -0.25) is 0 Å². The Hall–Kier alpha value is -0.530. The number of halogens is 1. The van der Waals surface area contributed by atoms with E-state index in [9.17, 15) is 0 Å². The molecule has 0 aliphatic heterocycles. The molecule has 19 heavy (non-hydrogen) atoms. The van der Waals surface area contributed by atoms with E-state index in [1.807, 2.05) is 0 Å². The van der Waals surface area contributed by atoms with Crippen molar-refractivity contribution in [2.45, 2.75) is 63.5 Å². The topological polar surface area (TPSA) is 12.0 Å². The molecule has 1 saturated carbocycles. The molecular weight excluding hydrogens is 254 g/mol. The molecule has 1 fully saturated rings. The lowest BCUT2D eigenvalue weighted by Gasteiger charge is -2.36. The molecule has 2 heteroatoms. The first-order valence-electron chi connectivity index (χ1n) is 7.73. The normalized spacial score (nSPS) is 21.3. The number of alkyl halides is 1. The first-order chi connectivity index (χ1) is 9.31. The minimum Gasteiger partial charge on any atom is -0.306 e. The molecule has 1 aromatic carbocycles. The number of nitrogens with one attached hydrogen (secondary N) is 1. The molecule has 1 nitrogen and oxygen atoms in total. The molecule has 0 amide bonds. The number of hydrogen-bond acceptors (Lipinski definition) is 1. The molecule has 104 valence electrons. The summed E-state index contributed by atoms with van der Waals surface area (Å²) in [6, 6.07) is 7.02. The lowest BCUT2D eigenvalue weighted by molar-refractivity contribution is 0.256. The van der Waals surface area contributed by atoms with Gasteiger partial charge in [0.25, 0.3) is 0 Å². The Morgan fingerprint density at radius 1 is 1.00 bits per heavy atom. The largest absolute Gasteiger partial charge is 0.306 e. The van der Waals surface area contributed by atoms with Gasteiger partial charge < -0.3 is 5.32 Å². The number of benzene rings is 1. The van der Waals surface area contributed by atoms with E-state index < -0.39 is 0 Å². The van der Waals surface area contributed by atoms with E-state index in [0.29, 0.717) is 0 Å². The van der Waals surface area contributed by atoms with Crippen molar-refractivity contribution in [1.29, 1.82) is 0 Å². The van der Waals surface area contributed by atoms with E-state index in [4.69, 9.17) is 11.6 Å². The second-order valence-corrected chi connectivity index (χ2v) is 6.55. The fourth-order valence-corrected chi connectivity index (χ4v) is 3.97. The first kappa shape index (κ1) is 13.5. The van der Waals surface area contributed by atoms with Gasteiger partial charge in [-0.05, 0) is 48.8 Å². The molecule has 0 spiro atoms. The maximum absolute atomic E-state index is 6.23. The van der Waals surface area contributed by atoms with Gasteiger partial charge in [0, 0.05) is 18.0 Å². The second-order valence-electron chi connectivity index (χ2n) is 6.28. The molecule has 0 heterocycles. The van der Waals surface area contributed by atoms with Crippen LogP contribution in [0.2, 0.25) is 0 Å². The molecule has 2 aliphatic rings. The summed E-state index contributed by atoms with van der Waals surface area (Å²) in [6.07, 6.45) is 10.4. The summed E-state index contributed by atoms with van der Waals surface area (Å²) < 4.78 is 0. The average molecular weight is 278 g/mol. The van der Waals surface area contributed by atoms with E-state index >= 15 is 0 Å². The Morgan fingerprint density at radius 2 is 1.79 bits per heavy atom. The van der Waals surface area contributed by atoms with Gasteiger partial charge in [0.2, 0.25) is 0 Å². The van der Waals surface area contributed by atoms with Crippen molar-refractivity contribution in [3.63, 3.8) is 0 Å². The lowest BCUT2D eigenvalue weighted by atomic mass is 9.83. The molecule has 3 rings (SSSR count). The second kappa shape index (κ2) is 5.85. The third-order valence-electron chi connectivity index (χ3n) is 4.90. The molecule has 0 radical (unpaired) electrons. The van der Waals surface area contributed by atoms with Crippen LogP contribution in [-0.4, -0.2) is 11.4 Å². The van der Waals surface area contributed by atoms with Crippen molar-refractivity contribution in [3.05, 3.63) is 34.9 Å². The Labute approximate surface area is 121 Å². The smallest absolute Gasteiger partial charge is 0.0406 e. The molecule has 0 unspecified atom stereocenters. The van der Waals surface area contributed by atoms with Crippen molar-refractivity contribution < 1.29 is 0 Å². The summed E-state index contributed by atoms with van der Waals surface area (Å²) in [5.74, 6) is 0.748. The summed E-state index contributed by atoms with van der Waals surface area (Å²) in [5.41, 5.74) is 4.76. The minimum atomic E-state index is 0.193. The van der Waals surface area contributed by atoms with Crippen LogP contribution in [0.1, 0.15) is 55.2 Å². The third-order valence-corrected chi connectivity index (χ3v) is 5.41. The molecule has 1 N–H and O–H groups in total. The highest BCUT2D eigenvalue weighted by molar-refractivity contribution is 6.18. The van der Waals surface area contributed by atoms with Gasteiger partial charge in [-0.2, -0.15) is 0 Å². The van der Waals surface area contributed by atoms with Crippen LogP contribution < -0.4 is 5.32 Å². The summed E-state index contributed by atoms with van der Waals surface area (Å²) in [4.78, 5) is 0. The summed E-state index contributed by atoms with van der Waals surface area (Å²) in [7, 11) is 0. The van der Waals surface area contributed by atoms with Crippen molar-refractivity contribution in [2.75, 3.05) is 5.88 Å². The number of rotatable bonds is 4. The summed E-state index contributed by atoms with van der Waals surface area (Å²) >= 11 is 6.23. The van der Waals surface area contributed by atoms with E-state index in [-0.39, 0.29) is 5.54 Å². The van der Waals surface area contributed by atoms with E-state index in [2.05, 4.69) is 23.5 Å². The van der Waals surface area contributed by atoms with E-state index in [1.54, 1.807) is 11.1 Å². The van der Waals surface area contributed by atoms with Crippen LogP contribution in [0.3, 0.4) is 0 Å². The molecule has 1 aromatic rings. The zero-order valence-electron chi connectivity index (χ0n) is 11.7. The lowest BCUT2D eigenvalue weighted by Crippen LogP contribution is -2.48. The Bertz CT molecular complexity index is 435. The van der Waals surface area contributed by atoms with Crippen LogP contribution in [-0.2, 0) is 19.4 Å². The molecule has 0 bridgehead atoms. The Balaban J connectivity index is 1.65. The van der Waals surface area contributed by atoms with Gasteiger partial charge in [0.1, 0.15) is 0 Å². The fourth-order valence-electron chi connectivity index (χ4n) is 3.61. The van der Waals surface area contributed by atoms with Crippen molar-refractivity contribution in [1.82, 2.24) is 5.32 Å². The number of fused-ring (bicyclic) bond motifs is 1. The first-order valence-corrected chi connectivity index (χ1v) is 8.26. The standard InChI is InChI=1S/C17H24ClN/c18-13-17(9-2-1-3-10-17)19-12-14-7-8-15-5-4-6-16(15)11-14/h7-8,11,19H,1-6,9-10,12-13H2. The van der Waals surface area contributed by atoms with E-state index in [1.165, 1.54) is 56.9 Å². The Kier molecular flexibility index (Phi) is 4.14. The van der Waals surface area contributed by atoms with Gasteiger partial charge in [-0.15, -0.1) is 11.6 Å². The highest BCUT2D eigenvalue weighted by atomic mass is 35.5. The molecular formula is C17H24ClN. The molecule has 0 saturated heterocycles. The SMILES string of the molecule is ClCC1(NCc2ccc3c(c2)CCC3)CCCCC1. The third kappa shape index (κ3) is 2.98. The van der Waals surface area contributed by atoms with Crippen LogP contribution in [0.15, 0.2) is 18.2 Å². The van der Waals surface area contributed by atoms with Crippen LogP contribution in [0.25, 0.3) is 0 Å². The quantitative estimate of drug-likeness (QED) is 0.813. The fraction of sp³-hybridized carbons (Fsp3) is 0.647. The monoisotopic (exact) mass is 277 g/mol. The van der Waals surface area contributed by atoms with Crippen molar-refractivity contribution in [2.24, 2.45) is 0 Å². The van der Waals surface area contributed by atoms with Crippen LogP contribution >= 0.6 is 11.6 Å². The van der Waals surface area contributed by atoms with Gasteiger partial charge >= 0.3 is 0 Å². The van der Waals surface area contributed by atoms with Crippen molar-refractivity contribution >= 4 is 11.6 Å². The summed E-state index contributed by atoms with van der Waals surface area (Å²) in [6.45, 7) is 0.972. The molecule has 0 atom stereocenters. The maximum atomic E-state index is 6.23. The predicted molar refractivity (Wildman–Crippen MR) is 81.8 cm³/mol.